The molecule has 3 aromatic rings. The molecule has 0 saturated carbocycles. The summed E-state index contributed by atoms with van der Waals surface area (Å²) in [5, 5.41) is 11.6. The van der Waals surface area contributed by atoms with E-state index in [1.165, 1.54) is 16.2 Å². The van der Waals surface area contributed by atoms with Crippen LogP contribution in [0.1, 0.15) is 44.5 Å². The molecule has 0 spiro atoms. The summed E-state index contributed by atoms with van der Waals surface area (Å²) in [4.78, 5) is 37.1. The van der Waals surface area contributed by atoms with Crippen LogP contribution in [0.25, 0.3) is 0 Å². The van der Waals surface area contributed by atoms with Gasteiger partial charge in [-0.25, -0.2) is 4.98 Å². The van der Waals surface area contributed by atoms with E-state index in [-0.39, 0.29) is 17.9 Å². The number of Topliss-reactive ketones (excluding diaryl/α,β-unsaturated/α-hetero) is 1. The lowest BCUT2D eigenvalue weighted by atomic mass is 9.94. The second-order valence-corrected chi connectivity index (χ2v) is 8.64. The fourth-order valence-corrected chi connectivity index (χ4v) is 4.76. The number of carbonyl (C=O) groups is 2. The van der Waals surface area contributed by atoms with E-state index in [1.807, 2.05) is 38.1 Å². The summed E-state index contributed by atoms with van der Waals surface area (Å²) >= 11 is 1.26. The summed E-state index contributed by atoms with van der Waals surface area (Å²) in [7, 11) is 0. The topological polar surface area (TPSA) is 92.6 Å². The molecule has 1 unspecified atom stereocenters. The fraction of sp³-hybridized carbons (Fsp3) is 0.250. The molecule has 0 saturated heterocycles. The van der Waals surface area contributed by atoms with Gasteiger partial charge in [0, 0.05) is 18.9 Å². The molecule has 0 bridgehead atoms. The molecule has 0 fully saturated rings. The Hall–Kier alpha value is -3.52. The number of ketones is 1. The van der Waals surface area contributed by atoms with Crippen LogP contribution in [0.15, 0.2) is 60.1 Å². The van der Waals surface area contributed by atoms with Crippen molar-refractivity contribution in [1.82, 2.24) is 14.9 Å². The summed E-state index contributed by atoms with van der Waals surface area (Å²) in [5.74, 6) is -0.889. The molecule has 1 atom stereocenters. The van der Waals surface area contributed by atoms with Gasteiger partial charge in [-0.2, -0.15) is 0 Å². The van der Waals surface area contributed by atoms with Crippen molar-refractivity contribution >= 4 is 23.0 Å². The number of aryl methyl sites for hydroxylation is 2. The number of hydrogen-bond donors (Lipinski definition) is 1. The number of carbonyl (C=O) groups excluding carboxylic acids is 2. The van der Waals surface area contributed by atoms with Gasteiger partial charge in [-0.05, 0) is 50.1 Å². The predicted octanol–water partition coefficient (Wildman–Crippen LogP) is 4.33. The third-order valence-electron chi connectivity index (χ3n) is 5.22. The fourth-order valence-electron chi connectivity index (χ4n) is 3.89. The van der Waals surface area contributed by atoms with Crippen molar-refractivity contribution in [2.45, 2.75) is 33.4 Å². The molecule has 0 aliphatic carbocycles. The standard InChI is InChI=1S/C24H23N3O4S/c1-4-31-18-9-5-8-17(11-18)20-19(21(28)23-14(2)26-15(3)32-23)22(29)24(30)27(20)13-16-7-6-10-25-12-16/h5-12,20,29H,4,13H2,1-3H3. The van der Waals surface area contributed by atoms with E-state index in [1.54, 1.807) is 31.5 Å². The van der Waals surface area contributed by atoms with Gasteiger partial charge in [0.25, 0.3) is 5.91 Å². The molecule has 164 valence electrons. The van der Waals surface area contributed by atoms with Gasteiger partial charge in [-0.15, -0.1) is 11.3 Å². The highest BCUT2D eigenvalue weighted by atomic mass is 32.1. The van der Waals surface area contributed by atoms with E-state index >= 15 is 0 Å². The Morgan fingerprint density at radius 3 is 2.72 bits per heavy atom. The van der Waals surface area contributed by atoms with Crippen LogP contribution < -0.4 is 4.74 Å². The Morgan fingerprint density at radius 2 is 2.06 bits per heavy atom. The lowest BCUT2D eigenvalue weighted by Crippen LogP contribution is -2.30. The minimum atomic E-state index is -0.766. The first-order valence-corrected chi connectivity index (χ1v) is 11.1. The Morgan fingerprint density at radius 1 is 1.25 bits per heavy atom. The zero-order chi connectivity index (χ0) is 22.8. The lowest BCUT2D eigenvalue weighted by molar-refractivity contribution is -0.130. The highest BCUT2D eigenvalue weighted by Gasteiger charge is 2.44. The third kappa shape index (κ3) is 4.01. The molecule has 1 aliphatic rings. The quantitative estimate of drug-likeness (QED) is 0.540. The second-order valence-electron chi connectivity index (χ2n) is 7.44. The van der Waals surface area contributed by atoms with Crippen molar-refractivity contribution in [3.05, 3.63) is 86.8 Å². The molecule has 4 rings (SSSR count). The number of aliphatic hydroxyl groups is 1. The normalized spacial score (nSPS) is 16.0. The maximum atomic E-state index is 13.6. The summed E-state index contributed by atoms with van der Waals surface area (Å²) in [5.41, 5.74) is 2.11. The van der Waals surface area contributed by atoms with Crippen molar-refractivity contribution in [1.29, 1.82) is 0 Å². The van der Waals surface area contributed by atoms with Crippen LogP contribution >= 0.6 is 11.3 Å². The van der Waals surface area contributed by atoms with Crippen LogP contribution in [0.3, 0.4) is 0 Å². The number of pyridine rings is 1. The second kappa shape index (κ2) is 8.92. The molecule has 3 heterocycles. The first-order chi connectivity index (χ1) is 15.4. The van der Waals surface area contributed by atoms with E-state index in [0.29, 0.717) is 28.5 Å². The average molecular weight is 450 g/mol. The van der Waals surface area contributed by atoms with Gasteiger partial charge in [-0.1, -0.05) is 18.2 Å². The summed E-state index contributed by atoms with van der Waals surface area (Å²) in [6.07, 6.45) is 3.31. The van der Waals surface area contributed by atoms with Gasteiger partial charge < -0.3 is 14.7 Å². The first-order valence-electron chi connectivity index (χ1n) is 10.2. The molecule has 7 nitrogen and oxygen atoms in total. The number of nitrogens with zero attached hydrogens (tertiary/aromatic N) is 3. The highest BCUT2D eigenvalue weighted by Crippen LogP contribution is 2.41. The molecule has 1 N–H and O–H groups in total. The van der Waals surface area contributed by atoms with Gasteiger partial charge in [0.15, 0.2) is 5.76 Å². The molecule has 0 radical (unpaired) electrons. The number of ether oxygens (including phenoxy) is 1. The van der Waals surface area contributed by atoms with E-state index in [0.717, 1.165) is 10.6 Å². The molecule has 2 aromatic heterocycles. The van der Waals surface area contributed by atoms with Gasteiger partial charge in [0.2, 0.25) is 5.78 Å². The van der Waals surface area contributed by atoms with Gasteiger partial charge in [0.05, 0.1) is 33.8 Å². The first kappa shape index (κ1) is 21.7. The molecule has 1 amide bonds. The van der Waals surface area contributed by atoms with Crippen LogP contribution in [0, 0.1) is 13.8 Å². The number of aliphatic hydroxyl groups excluding tert-OH is 1. The zero-order valence-corrected chi connectivity index (χ0v) is 18.8. The summed E-state index contributed by atoms with van der Waals surface area (Å²) in [6, 6.07) is 10.1. The van der Waals surface area contributed by atoms with Crippen LogP contribution in [-0.2, 0) is 11.3 Å². The maximum Gasteiger partial charge on any atom is 0.290 e. The molecule has 1 aliphatic heterocycles. The van der Waals surface area contributed by atoms with Gasteiger partial charge in [-0.3, -0.25) is 14.6 Å². The minimum absolute atomic E-state index is 0.0549. The number of hydrogen-bond acceptors (Lipinski definition) is 7. The number of thiazole rings is 1. The lowest BCUT2D eigenvalue weighted by Gasteiger charge is -2.27. The van der Waals surface area contributed by atoms with E-state index in [9.17, 15) is 14.7 Å². The molecular formula is C24H23N3O4S. The van der Waals surface area contributed by atoms with E-state index < -0.39 is 17.7 Å². The Labute approximate surface area is 190 Å². The van der Waals surface area contributed by atoms with Crippen LogP contribution in [0.5, 0.6) is 5.75 Å². The van der Waals surface area contributed by atoms with Crippen LogP contribution in [0.2, 0.25) is 0 Å². The number of amides is 1. The largest absolute Gasteiger partial charge is 0.503 e. The summed E-state index contributed by atoms with van der Waals surface area (Å²) in [6.45, 7) is 6.13. The van der Waals surface area contributed by atoms with Gasteiger partial charge in [0.1, 0.15) is 5.75 Å². The molecule has 32 heavy (non-hydrogen) atoms. The smallest absolute Gasteiger partial charge is 0.290 e. The molecule has 1 aromatic carbocycles. The number of benzene rings is 1. The zero-order valence-electron chi connectivity index (χ0n) is 18.0. The van der Waals surface area contributed by atoms with Crippen molar-refractivity contribution < 1.29 is 19.4 Å². The van der Waals surface area contributed by atoms with Crippen molar-refractivity contribution in [3.63, 3.8) is 0 Å². The maximum absolute atomic E-state index is 13.6. The Bertz CT molecular complexity index is 1200. The Balaban J connectivity index is 1.82. The Kier molecular flexibility index (Phi) is 6.05. The predicted molar refractivity (Wildman–Crippen MR) is 121 cm³/mol. The van der Waals surface area contributed by atoms with E-state index in [4.69, 9.17) is 4.74 Å². The minimum Gasteiger partial charge on any atom is -0.503 e. The van der Waals surface area contributed by atoms with Crippen LogP contribution in [0.4, 0.5) is 0 Å². The highest BCUT2D eigenvalue weighted by molar-refractivity contribution is 7.14. The average Bonchev–Trinajstić information content (AvgIpc) is 3.25. The molecular weight excluding hydrogens is 426 g/mol. The third-order valence-corrected chi connectivity index (χ3v) is 6.29. The van der Waals surface area contributed by atoms with Crippen molar-refractivity contribution in [3.8, 4) is 5.75 Å². The monoisotopic (exact) mass is 449 g/mol. The summed E-state index contributed by atoms with van der Waals surface area (Å²) < 4.78 is 5.63. The number of aromatic nitrogens is 2. The SMILES string of the molecule is CCOc1cccc(C2C(C(=O)c3sc(C)nc3C)=C(O)C(=O)N2Cc2cccnc2)c1. The van der Waals surface area contributed by atoms with Crippen molar-refractivity contribution in [2.75, 3.05) is 6.61 Å². The van der Waals surface area contributed by atoms with Crippen LogP contribution in [-0.4, -0.2) is 38.3 Å². The number of rotatable bonds is 7. The van der Waals surface area contributed by atoms with Crippen molar-refractivity contribution in [2.24, 2.45) is 0 Å². The van der Waals surface area contributed by atoms with E-state index in [2.05, 4.69) is 9.97 Å². The van der Waals surface area contributed by atoms with Gasteiger partial charge >= 0.3 is 0 Å². The molecule has 8 heteroatoms.